The molecular weight excluding hydrogens is 308 g/mol. The third-order valence-electron chi connectivity index (χ3n) is 4.30. The van der Waals surface area contributed by atoms with E-state index in [9.17, 15) is 0 Å². The summed E-state index contributed by atoms with van der Waals surface area (Å²) in [4.78, 5) is 7.13. The van der Waals surface area contributed by atoms with Crippen molar-refractivity contribution >= 4 is 16.7 Å². The monoisotopic (exact) mass is 334 g/mol. The molecule has 1 aliphatic heterocycles. The van der Waals surface area contributed by atoms with E-state index in [1.165, 1.54) is 11.5 Å². The molecule has 7 heteroatoms. The van der Waals surface area contributed by atoms with E-state index < -0.39 is 0 Å². The molecule has 0 saturated carbocycles. The summed E-state index contributed by atoms with van der Waals surface area (Å²) in [5, 5.41) is 9.55. The van der Waals surface area contributed by atoms with Gasteiger partial charge in [0.1, 0.15) is 18.0 Å². The predicted octanol–water partition coefficient (Wildman–Crippen LogP) is 3.39. The minimum atomic E-state index is 0.00174. The molecule has 0 aliphatic carbocycles. The van der Waals surface area contributed by atoms with Crippen molar-refractivity contribution in [1.29, 1.82) is 0 Å². The van der Waals surface area contributed by atoms with Crippen LogP contribution in [-0.2, 0) is 5.41 Å². The van der Waals surface area contributed by atoms with Crippen LogP contribution in [0.4, 0.5) is 5.13 Å². The number of hydrogen-bond acceptors (Lipinski definition) is 6. The van der Waals surface area contributed by atoms with Gasteiger partial charge in [0.15, 0.2) is 0 Å². The first-order valence-corrected chi connectivity index (χ1v) is 9.12. The largest absolute Gasteiger partial charge is 0.346 e. The van der Waals surface area contributed by atoms with Crippen LogP contribution in [0.2, 0.25) is 0 Å². The number of piperidine rings is 1. The summed E-state index contributed by atoms with van der Waals surface area (Å²) >= 11 is 1.51. The molecule has 0 amide bonds. The zero-order valence-electron chi connectivity index (χ0n) is 14.7. The fourth-order valence-electron chi connectivity index (χ4n) is 2.95. The molecule has 0 spiro atoms. The Morgan fingerprint density at radius 3 is 2.74 bits per heavy atom. The van der Waals surface area contributed by atoms with Gasteiger partial charge in [-0.05, 0) is 26.7 Å². The van der Waals surface area contributed by atoms with Crippen molar-refractivity contribution in [3.63, 3.8) is 0 Å². The van der Waals surface area contributed by atoms with Crippen molar-refractivity contribution in [2.45, 2.75) is 64.8 Å². The summed E-state index contributed by atoms with van der Waals surface area (Å²) in [7, 11) is 0. The zero-order valence-corrected chi connectivity index (χ0v) is 15.5. The van der Waals surface area contributed by atoms with E-state index in [-0.39, 0.29) is 5.41 Å². The van der Waals surface area contributed by atoms with Crippen LogP contribution < -0.4 is 4.90 Å². The smallest absolute Gasteiger partial charge is 0.205 e. The quantitative estimate of drug-likeness (QED) is 0.861. The summed E-state index contributed by atoms with van der Waals surface area (Å²) in [6.07, 6.45) is 4.16. The zero-order chi connectivity index (χ0) is 16.6. The first-order valence-electron chi connectivity index (χ1n) is 8.35. The average molecular weight is 334 g/mol. The van der Waals surface area contributed by atoms with Crippen LogP contribution >= 0.6 is 11.5 Å². The van der Waals surface area contributed by atoms with Gasteiger partial charge >= 0.3 is 0 Å². The number of hydrogen-bond donors (Lipinski definition) is 0. The highest BCUT2D eigenvalue weighted by Crippen LogP contribution is 2.32. The fraction of sp³-hybridized carbons (Fsp3) is 0.750. The molecule has 1 fully saturated rings. The van der Waals surface area contributed by atoms with Crippen molar-refractivity contribution in [2.75, 3.05) is 18.0 Å². The second kappa shape index (κ2) is 6.19. The normalized spacial score (nSPS) is 19.6. The van der Waals surface area contributed by atoms with E-state index in [1.54, 1.807) is 0 Å². The van der Waals surface area contributed by atoms with Crippen molar-refractivity contribution in [3.8, 4) is 0 Å². The lowest BCUT2D eigenvalue weighted by atomic mass is 9.96. The summed E-state index contributed by atoms with van der Waals surface area (Å²) in [5.74, 6) is 2.45. The van der Waals surface area contributed by atoms with E-state index in [0.717, 1.165) is 42.7 Å². The molecule has 0 N–H and O–H groups in total. The molecule has 126 valence electrons. The fourth-order valence-corrected chi connectivity index (χ4v) is 3.84. The molecule has 23 heavy (non-hydrogen) atoms. The molecule has 1 aliphatic rings. The molecule has 0 radical (unpaired) electrons. The van der Waals surface area contributed by atoms with Crippen molar-refractivity contribution in [1.82, 2.24) is 24.1 Å². The van der Waals surface area contributed by atoms with E-state index in [4.69, 9.17) is 4.98 Å². The highest BCUT2D eigenvalue weighted by atomic mass is 32.1. The second-order valence-electron chi connectivity index (χ2n) is 7.63. The van der Waals surface area contributed by atoms with E-state index in [2.05, 4.69) is 58.7 Å². The Hall–Kier alpha value is -1.50. The Kier molecular flexibility index (Phi) is 4.40. The SMILES string of the molecule is CC(C)n1cnnc1C1CCCN(c2nc(C(C)(C)C)ns2)C1. The minimum absolute atomic E-state index is 0.00174. The van der Waals surface area contributed by atoms with Crippen molar-refractivity contribution in [3.05, 3.63) is 18.0 Å². The highest BCUT2D eigenvalue weighted by molar-refractivity contribution is 7.09. The van der Waals surface area contributed by atoms with Crippen LogP contribution in [0.1, 0.15) is 71.1 Å². The highest BCUT2D eigenvalue weighted by Gasteiger charge is 2.29. The van der Waals surface area contributed by atoms with Crippen LogP contribution in [0.5, 0.6) is 0 Å². The Morgan fingerprint density at radius 2 is 2.09 bits per heavy atom. The lowest BCUT2D eigenvalue weighted by Gasteiger charge is -2.32. The van der Waals surface area contributed by atoms with Crippen LogP contribution in [-0.4, -0.2) is 37.2 Å². The lowest BCUT2D eigenvalue weighted by molar-refractivity contribution is 0.454. The van der Waals surface area contributed by atoms with E-state index in [0.29, 0.717) is 12.0 Å². The summed E-state index contributed by atoms with van der Waals surface area (Å²) in [6, 6.07) is 0.393. The van der Waals surface area contributed by atoms with Gasteiger partial charge in [0.25, 0.3) is 0 Å². The lowest BCUT2D eigenvalue weighted by Crippen LogP contribution is -2.35. The second-order valence-corrected chi connectivity index (χ2v) is 8.36. The van der Waals surface area contributed by atoms with Crippen LogP contribution in [0.3, 0.4) is 0 Å². The van der Waals surface area contributed by atoms with Gasteiger partial charge in [-0.25, -0.2) is 4.98 Å². The molecule has 2 aromatic heterocycles. The molecule has 1 atom stereocenters. The van der Waals surface area contributed by atoms with Gasteiger partial charge in [0, 0.05) is 42.0 Å². The minimum Gasteiger partial charge on any atom is -0.346 e. The van der Waals surface area contributed by atoms with Gasteiger partial charge in [0.2, 0.25) is 5.13 Å². The first-order chi connectivity index (χ1) is 10.9. The van der Waals surface area contributed by atoms with Gasteiger partial charge in [-0.3, -0.25) is 0 Å². The van der Waals surface area contributed by atoms with Crippen molar-refractivity contribution < 1.29 is 0 Å². The maximum absolute atomic E-state index is 4.77. The van der Waals surface area contributed by atoms with Gasteiger partial charge in [-0.15, -0.1) is 10.2 Å². The molecule has 6 nitrogen and oxygen atoms in total. The number of rotatable bonds is 3. The van der Waals surface area contributed by atoms with Crippen LogP contribution in [0, 0.1) is 0 Å². The Labute approximate surface area is 142 Å². The molecule has 2 aromatic rings. The van der Waals surface area contributed by atoms with Gasteiger partial charge < -0.3 is 9.47 Å². The van der Waals surface area contributed by atoms with Gasteiger partial charge in [-0.2, -0.15) is 4.37 Å². The molecule has 1 saturated heterocycles. The predicted molar refractivity (Wildman–Crippen MR) is 93.2 cm³/mol. The first kappa shape index (κ1) is 16.4. The molecule has 0 bridgehead atoms. The topological polar surface area (TPSA) is 59.7 Å². The summed E-state index contributed by atoms with van der Waals surface area (Å²) in [5.41, 5.74) is 0.00174. The van der Waals surface area contributed by atoms with Crippen molar-refractivity contribution in [2.24, 2.45) is 0 Å². The summed E-state index contributed by atoms with van der Waals surface area (Å²) < 4.78 is 6.74. The Balaban J connectivity index is 1.78. The molecule has 3 rings (SSSR count). The van der Waals surface area contributed by atoms with Crippen LogP contribution in [0.15, 0.2) is 6.33 Å². The standard InChI is InChI=1S/C16H26N6S/c1-11(2)22-10-17-19-13(22)12-7-6-8-21(9-12)15-18-14(20-23-15)16(3,4)5/h10-12H,6-9H2,1-5H3. The average Bonchev–Trinajstić information content (AvgIpc) is 3.16. The molecule has 0 aromatic carbocycles. The van der Waals surface area contributed by atoms with Gasteiger partial charge in [-0.1, -0.05) is 20.8 Å². The molecular formula is C16H26N6S. The number of aromatic nitrogens is 5. The molecule has 1 unspecified atom stereocenters. The third kappa shape index (κ3) is 3.39. The number of anilines is 1. The van der Waals surface area contributed by atoms with E-state index in [1.807, 2.05) is 6.33 Å². The van der Waals surface area contributed by atoms with Crippen LogP contribution in [0.25, 0.3) is 0 Å². The number of nitrogens with zero attached hydrogens (tertiary/aromatic N) is 6. The third-order valence-corrected chi connectivity index (χ3v) is 5.08. The Morgan fingerprint density at radius 1 is 1.30 bits per heavy atom. The Bertz CT molecular complexity index is 654. The van der Waals surface area contributed by atoms with Gasteiger partial charge in [0.05, 0.1) is 0 Å². The molecule has 3 heterocycles. The maximum atomic E-state index is 4.77. The van der Waals surface area contributed by atoms with E-state index >= 15 is 0 Å². The maximum Gasteiger partial charge on any atom is 0.205 e. The summed E-state index contributed by atoms with van der Waals surface area (Å²) in [6.45, 7) is 12.8.